The van der Waals surface area contributed by atoms with Crippen molar-refractivity contribution < 1.29 is 18.7 Å². The third-order valence-corrected chi connectivity index (χ3v) is 3.81. The molecule has 0 saturated heterocycles. The van der Waals surface area contributed by atoms with E-state index in [2.05, 4.69) is 25.5 Å². The zero-order valence-electron chi connectivity index (χ0n) is 15.8. The van der Waals surface area contributed by atoms with Crippen molar-refractivity contribution in [3.63, 3.8) is 0 Å². The first kappa shape index (κ1) is 19.9. The number of nitrogens with one attached hydrogen (secondary N) is 1. The van der Waals surface area contributed by atoms with Gasteiger partial charge in [0, 0.05) is 35.8 Å². The Hall–Kier alpha value is -3.88. The van der Waals surface area contributed by atoms with Gasteiger partial charge in [0.25, 0.3) is 5.91 Å². The van der Waals surface area contributed by atoms with Crippen LogP contribution in [-0.2, 0) is 0 Å². The lowest BCUT2D eigenvalue weighted by Gasteiger charge is -2.06. The summed E-state index contributed by atoms with van der Waals surface area (Å²) >= 11 is 0. The van der Waals surface area contributed by atoms with Crippen LogP contribution in [0.2, 0.25) is 0 Å². The van der Waals surface area contributed by atoms with Gasteiger partial charge in [-0.3, -0.25) is 9.78 Å². The van der Waals surface area contributed by atoms with Crippen LogP contribution >= 0.6 is 0 Å². The molecule has 9 heteroatoms. The topological polar surface area (TPSA) is 98.6 Å². The van der Waals surface area contributed by atoms with Gasteiger partial charge in [-0.25, -0.2) is 15.4 Å². The number of hydrogen-bond acceptors (Lipinski definition) is 7. The number of carbonyl (C=O) groups is 1. The molecule has 0 unspecified atom stereocenters. The Balaban J connectivity index is 1.71. The number of carbonyl (C=O) groups excluding carboxylic acids is 1. The highest BCUT2D eigenvalue weighted by molar-refractivity contribution is 5.95. The van der Waals surface area contributed by atoms with Crippen LogP contribution in [0.25, 0.3) is 11.1 Å². The highest BCUT2D eigenvalue weighted by atomic mass is 19.1. The van der Waals surface area contributed by atoms with Crippen molar-refractivity contribution in [3.05, 3.63) is 66.1 Å². The van der Waals surface area contributed by atoms with E-state index >= 15 is 0 Å². The second kappa shape index (κ2) is 9.36. The first-order valence-electron chi connectivity index (χ1n) is 8.68. The molecule has 0 fully saturated rings. The van der Waals surface area contributed by atoms with Crippen molar-refractivity contribution in [3.8, 4) is 22.8 Å². The standard InChI is InChI=1S/C20H18FN5O3/c1-3-29-18-5-4-13(10-23-18)14-6-16(9-22-8-14)20(27)26-25-11-15-7-17(28-2)12-24-19(15)21/h4-12H,3H2,1-2H3,(H,26,27)/b25-11+. The molecule has 0 radical (unpaired) electrons. The van der Waals surface area contributed by atoms with Crippen molar-refractivity contribution in [2.24, 2.45) is 5.10 Å². The smallest absolute Gasteiger partial charge is 0.272 e. The number of amides is 1. The van der Waals surface area contributed by atoms with Gasteiger partial charge in [-0.15, -0.1) is 0 Å². The largest absolute Gasteiger partial charge is 0.495 e. The summed E-state index contributed by atoms with van der Waals surface area (Å²) in [7, 11) is 1.44. The zero-order chi connectivity index (χ0) is 20.6. The van der Waals surface area contributed by atoms with Crippen LogP contribution in [-0.4, -0.2) is 40.8 Å². The van der Waals surface area contributed by atoms with Gasteiger partial charge in [0.05, 0.1) is 37.3 Å². The van der Waals surface area contributed by atoms with E-state index in [9.17, 15) is 9.18 Å². The molecule has 0 bridgehead atoms. The lowest BCUT2D eigenvalue weighted by Crippen LogP contribution is -2.18. The van der Waals surface area contributed by atoms with E-state index in [1.807, 2.05) is 13.0 Å². The summed E-state index contributed by atoms with van der Waals surface area (Å²) in [6.07, 6.45) is 7.06. The fourth-order valence-electron chi connectivity index (χ4n) is 2.38. The number of methoxy groups -OCH3 is 1. The van der Waals surface area contributed by atoms with Gasteiger partial charge in [0.15, 0.2) is 0 Å². The second-order valence-electron chi connectivity index (χ2n) is 5.73. The van der Waals surface area contributed by atoms with Gasteiger partial charge >= 0.3 is 0 Å². The second-order valence-corrected chi connectivity index (χ2v) is 5.73. The van der Waals surface area contributed by atoms with E-state index in [4.69, 9.17) is 9.47 Å². The number of hydrazone groups is 1. The van der Waals surface area contributed by atoms with Crippen molar-refractivity contribution >= 4 is 12.1 Å². The molecule has 1 N–H and O–H groups in total. The van der Waals surface area contributed by atoms with E-state index in [1.54, 1.807) is 24.5 Å². The first-order valence-corrected chi connectivity index (χ1v) is 8.68. The molecule has 0 aliphatic carbocycles. The maximum absolute atomic E-state index is 13.7. The predicted octanol–water partition coefficient (Wildman–Crippen LogP) is 2.85. The predicted molar refractivity (Wildman–Crippen MR) is 104 cm³/mol. The molecule has 0 aliphatic rings. The van der Waals surface area contributed by atoms with Gasteiger partial charge in [-0.1, -0.05) is 0 Å². The first-order chi connectivity index (χ1) is 14.1. The average molecular weight is 395 g/mol. The van der Waals surface area contributed by atoms with Crippen LogP contribution in [0.4, 0.5) is 4.39 Å². The lowest BCUT2D eigenvalue weighted by molar-refractivity contribution is 0.0955. The van der Waals surface area contributed by atoms with Crippen LogP contribution < -0.4 is 14.9 Å². The van der Waals surface area contributed by atoms with Crippen LogP contribution in [0.1, 0.15) is 22.8 Å². The maximum Gasteiger partial charge on any atom is 0.272 e. The number of aromatic nitrogens is 3. The summed E-state index contributed by atoms with van der Waals surface area (Å²) in [6, 6.07) is 6.64. The van der Waals surface area contributed by atoms with Gasteiger partial charge in [-0.05, 0) is 25.1 Å². The molecule has 29 heavy (non-hydrogen) atoms. The molecular formula is C20H18FN5O3. The highest BCUT2D eigenvalue weighted by Gasteiger charge is 2.09. The lowest BCUT2D eigenvalue weighted by atomic mass is 10.1. The molecule has 0 aromatic carbocycles. The number of ether oxygens (including phenoxy) is 2. The van der Waals surface area contributed by atoms with E-state index in [-0.39, 0.29) is 11.1 Å². The summed E-state index contributed by atoms with van der Waals surface area (Å²) in [5, 5.41) is 3.77. The van der Waals surface area contributed by atoms with Crippen molar-refractivity contribution in [1.29, 1.82) is 0 Å². The summed E-state index contributed by atoms with van der Waals surface area (Å²) in [6.45, 7) is 2.41. The van der Waals surface area contributed by atoms with Crippen LogP contribution in [0.3, 0.4) is 0 Å². The quantitative estimate of drug-likeness (QED) is 0.375. The summed E-state index contributed by atoms with van der Waals surface area (Å²) in [5.74, 6) is -0.326. The third kappa shape index (κ3) is 5.10. The number of pyridine rings is 3. The Labute approximate surface area is 166 Å². The normalized spacial score (nSPS) is 10.7. The minimum atomic E-state index is -0.726. The minimum absolute atomic E-state index is 0.0805. The molecular weight excluding hydrogens is 377 g/mol. The summed E-state index contributed by atoms with van der Waals surface area (Å²) < 4.78 is 24.0. The molecule has 3 aromatic heterocycles. The molecule has 3 heterocycles. The number of halogens is 1. The Morgan fingerprint density at radius 3 is 2.76 bits per heavy atom. The maximum atomic E-state index is 13.7. The Morgan fingerprint density at radius 2 is 2.03 bits per heavy atom. The minimum Gasteiger partial charge on any atom is -0.495 e. The van der Waals surface area contributed by atoms with Gasteiger partial charge in [-0.2, -0.15) is 9.49 Å². The molecule has 8 nitrogen and oxygen atoms in total. The van der Waals surface area contributed by atoms with Crippen molar-refractivity contribution in [2.75, 3.05) is 13.7 Å². The monoisotopic (exact) mass is 395 g/mol. The van der Waals surface area contributed by atoms with Crippen LogP contribution in [0.15, 0.2) is 54.2 Å². The molecule has 148 valence electrons. The van der Waals surface area contributed by atoms with Crippen LogP contribution in [0, 0.1) is 5.95 Å². The molecule has 1 amide bonds. The average Bonchev–Trinajstić information content (AvgIpc) is 2.76. The van der Waals surface area contributed by atoms with Crippen molar-refractivity contribution in [1.82, 2.24) is 20.4 Å². The summed E-state index contributed by atoms with van der Waals surface area (Å²) in [4.78, 5) is 24.2. The molecule has 3 rings (SSSR count). The molecule has 0 saturated carbocycles. The van der Waals surface area contributed by atoms with Gasteiger partial charge in [0.1, 0.15) is 5.75 Å². The van der Waals surface area contributed by atoms with E-state index in [0.29, 0.717) is 23.8 Å². The number of rotatable bonds is 7. The summed E-state index contributed by atoms with van der Waals surface area (Å²) in [5.41, 5.74) is 4.20. The highest BCUT2D eigenvalue weighted by Crippen LogP contribution is 2.20. The Kier molecular flexibility index (Phi) is 6.41. The molecule has 0 aliphatic heterocycles. The fourth-order valence-corrected chi connectivity index (χ4v) is 2.38. The van der Waals surface area contributed by atoms with Gasteiger partial charge in [0.2, 0.25) is 11.8 Å². The van der Waals surface area contributed by atoms with E-state index in [0.717, 1.165) is 11.8 Å². The van der Waals surface area contributed by atoms with E-state index in [1.165, 1.54) is 25.6 Å². The SMILES string of the molecule is CCOc1ccc(-c2cncc(C(=O)N/N=C/c3cc(OC)cnc3F)c2)cn1. The van der Waals surface area contributed by atoms with Crippen LogP contribution in [0.5, 0.6) is 11.6 Å². The Morgan fingerprint density at radius 1 is 1.17 bits per heavy atom. The van der Waals surface area contributed by atoms with Crippen molar-refractivity contribution in [2.45, 2.75) is 6.92 Å². The van der Waals surface area contributed by atoms with Gasteiger partial charge < -0.3 is 9.47 Å². The fraction of sp³-hybridized carbons (Fsp3) is 0.150. The third-order valence-electron chi connectivity index (χ3n) is 3.81. The molecule has 3 aromatic rings. The zero-order valence-corrected chi connectivity index (χ0v) is 15.8. The Bertz CT molecular complexity index is 1020. The molecule has 0 spiro atoms. The number of nitrogens with zero attached hydrogens (tertiary/aromatic N) is 4. The molecule has 0 atom stereocenters. The number of hydrogen-bond donors (Lipinski definition) is 1. The van der Waals surface area contributed by atoms with E-state index < -0.39 is 11.9 Å².